The number of likely N-dealkylation sites (N-methyl/N-ethyl adjacent to an activating group) is 1. The molecular formula is C15H19ClN2S. The lowest BCUT2D eigenvalue weighted by Crippen LogP contribution is -2.31. The van der Waals surface area contributed by atoms with E-state index in [0.29, 0.717) is 11.9 Å². The summed E-state index contributed by atoms with van der Waals surface area (Å²) in [6.45, 7) is 4.24. The van der Waals surface area contributed by atoms with Crippen molar-refractivity contribution in [2.75, 3.05) is 11.9 Å². The Bertz CT molecular complexity index is 525. The molecule has 0 aliphatic rings. The Balaban J connectivity index is 2.14. The van der Waals surface area contributed by atoms with Crippen LogP contribution in [-0.2, 0) is 12.3 Å². The van der Waals surface area contributed by atoms with Crippen molar-refractivity contribution in [1.82, 2.24) is 4.98 Å². The van der Waals surface area contributed by atoms with Gasteiger partial charge < -0.3 is 4.90 Å². The van der Waals surface area contributed by atoms with Crippen molar-refractivity contribution < 1.29 is 0 Å². The van der Waals surface area contributed by atoms with Gasteiger partial charge in [0.2, 0.25) is 0 Å². The molecule has 0 saturated heterocycles. The number of hydrogen-bond acceptors (Lipinski definition) is 3. The topological polar surface area (TPSA) is 16.1 Å². The highest BCUT2D eigenvalue weighted by Crippen LogP contribution is 2.20. The van der Waals surface area contributed by atoms with E-state index < -0.39 is 0 Å². The summed E-state index contributed by atoms with van der Waals surface area (Å²) in [4.78, 5) is 8.23. The first kappa shape index (κ1) is 14.4. The summed E-state index contributed by atoms with van der Waals surface area (Å²) in [6, 6.07) is 8.81. The van der Waals surface area contributed by atoms with Crippen molar-refractivity contribution in [3.8, 4) is 0 Å². The van der Waals surface area contributed by atoms with Gasteiger partial charge >= 0.3 is 0 Å². The van der Waals surface area contributed by atoms with Crippen LogP contribution in [0.4, 0.5) is 5.82 Å². The molecular weight excluding hydrogens is 276 g/mol. The zero-order valence-corrected chi connectivity index (χ0v) is 13.1. The molecule has 0 aliphatic carbocycles. The highest BCUT2D eigenvalue weighted by Gasteiger charge is 2.13. The number of halogens is 1. The Morgan fingerprint density at radius 3 is 2.84 bits per heavy atom. The van der Waals surface area contributed by atoms with Gasteiger partial charge in [-0.25, -0.2) is 4.98 Å². The van der Waals surface area contributed by atoms with Crippen LogP contribution in [0, 0.1) is 6.92 Å². The molecule has 0 amide bonds. The number of anilines is 1. The maximum atomic E-state index is 5.93. The van der Waals surface area contributed by atoms with E-state index in [0.717, 1.165) is 23.5 Å². The highest BCUT2D eigenvalue weighted by molar-refractivity contribution is 7.09. The number of aryl methyl sites for hydroxylation is 1. The fraction of sp³-hybridized carbons (Fsp3) is 0.400. The Hall–Kier alpha value is -1.06. The van der Waals surface area contributed by atoms with E-state index in [1.54, 1.807) is 11.3 Å². The summed E-state index contributed by atoms with van der Waals surface area (Å²) in [5, 5.41) is 2.12. The Morgan fingerprint density at radius 2 is 2.21 bits per heavy atom. The zero-order valence-electron chi connectivity index (χ0n) is 11.6. The fourth-order valence-corrected chi connectivity index (χ4v) is 3.04. The zero-order chi connectivity index (χ0) is 13.8. The van der Waals surface area contributed by atoms with Crippen LogP contribution in [-0.4, -0.2) is 18.1 Å². The Morgan fingerprint density at radius 1 is 1.42 bits per heavy atom. The van der Waals surface area contributed by atoms with Crippen LogP contribution in [0.25, 0.3) is 0 Å². The second-order valence-electron chi connectivity index (χ2n) is 4.85. The molecule has 0 radical (unpaired) electrons. The van der Waals surface area contributed by atoms with E-state index in [1.807, 2.05) is 13.0 Å². The van der Waals surface area contributed by atoms with Crippen LogP contribution in [0.2, 0.25) is 0 Å². The molecule has 0 bridgehead atoms. The number of pyridine rings is 1. The van der Waals surface area contributed by atoms with Crippen molar-refractivity contribution in [3.05, 3.63) is 45.8 Å². The van der Waals surface area contributed by atoms with Gasteiger partial charge in [0.05, 0.1) is 0 Å². The fourth-order valence-electron chi connectivity index (χ4n) is 2.06. The molecule has 0 saturated carbocycles. The van der Waals surface area contributed by atoms with Gasteiger partial charge in [-0.15, -0.1) is 22.9 Å². The van der Waals surface area contributed by atoms with Crippen molar-refractivity contribution in [3.63, 3.8) is 0 Å². The second kappa shape index (κ2) is 6.40. The van der Waals surface area contributed by atoms with Crippen LogP contribution < -0.4 is 4.90 Å². The molecule has 0 aromatic carbocycles. The maximum absolute atomic E-state index is 5.93. The summed E-state index contributed by atoms with van der Waals surface area (Å²) in [7, 11) is 2.10. The SMILES string of the molecule is Cc1cc(CCl)cc(N(C)C(C)Cc2cccs2)n1. The molecule has 19 heavy (non-hydrogen) atoms. The van der Waals surface area contributed by atoms with E-state index in [9.17, 15) is 0 Å². The molecule has 0 N–H and O–H groups in total. The molecule has 4 heteroatoms. The first-order chi connectivity index (χ1) is 9.10. The van der Waals surface area contributed by atoms with Gasteiger partial charge in [-0.2, -0.15) is 0 Å². The molecule has 2 rings (SSSR count). The summed E-state index contributed by atoms with van der Waals surface area (Å²) < 4.78 is 0. The lowest BCUT2D eigenvalue weighted by molar-refractivity contribution is 0.679. The predicted molar refractivity (Wildman–Crippen MR) is 84.4 cm³/mol. The smallest absolute Gasteiger partial charge is 0.129 e. The van der Waals surface area contributed by atoms with Gasteiger partial charge in [0.15, 0.2) is 0 Å². The van der Waals surface area contributed by atoms with Crippen LogP contribution >= 0.6 is 22.9 Å². The minimum Gasteiger partial charge on any atom is -0.357 e. The van der Waals surface area contributed by atoms with Gasteiger partial charge in [0.1, 0.15) is 5.82 Å². The Kier molecular flexibility index (Phi) is 4.83. The second-order valence-corrected chi connectivity index (χ2v) is 6.15. The highest BCUT2D eigenvalue weighted by atomic mass is 35.5. The standard InChI is InChI=1S/C15H19ClN2S/c1-11-7-13(10-16)9-15(17-11)18(3)12(2)8-14-5-4-6-19-14/h4-7,9,12H,8,10H2,1-3H3. The van der Waals surface area contributed by atoms with Gasteiger partial charge in [0, 0.05) is 36.0 Å². The van der Waals surface area contributed by atoms with E-state index in [2.05, 4.69) is 47.4 Å². The van der Waals surface area contributed by atoms with Gasteiger partial charge in [-0.05, 0) is 43.0 Å². The molecule has 2 aromatic rings. The summed E-state index contributed by atoms with van der Waals surface area (Å²) in [5.41, 5.74) is 2.14. The van der Waals surface area contributed by atoms with Crippen LogP contribution in [0.5, 0.6) is 0 Å². The quantitative estimate of drug-likeness (QED) is 0.766. The summed E-state index contributed by atoms with van der Waals surface area (Å²) in [5.74, 6) is 1.53. The van der Waals surface area contributed by atoms with Crippen LogP contribution in [0.15, 0.2) is 29.6 Å². The van der Waals surface area contributed by atoms with Crippen molar-refractivity contribution in [2.24, 2.45) is 0 Å². The Labute approximate surface area is 124 Å². The average Bonchev–Trinajstić information content (AvgIpc) is 2.89. The molecule has 0 spiro atoms. The normalized spacial score (nSPS) is 12.4. The van der Waals surface area contributed by atoms with Crippen molar-refractivity contribution in [2.45, 2.75) is 32.2 Å². The molecule has 2 aromatic heterocycles. The molecule has 1 atom stereocenters. The molecule has 0 fully saturated rings. The van der Waals surface area contributed by atoms with Crippen molar-refractivity contribution in [1.29, 1.82) is 0 Å². The van der Waals surface area contributed by atoms with Crippen LogP contribution in [0.3, 0.4) is 0 Å². The van der Waals surface area contributed by atoms with E-state index in [1.165, 1.54) is 4.88 Å². The molecule has 1 unspecified atom stereocenters. The summed E-state index contributed by atoms with van der Waals surface area (Å²) in [6.07, 6.45) is 1.04. The van der Waals surface area contributed by atoms with E-state index in [4.69, 9.17) is 11.6 Å². The van der Waals surface area contributed by atoms with Gasteiger partial charge in [0.25, 0.3) is 0 Å². The molecule has 102 valence electrons. The first-order valence-electron chi connectivity index (χ1n) is 6.39. The van der Waals surface area contributed by atoms with Gasteiger partial charge in [-0.1, -0.05) is 6.07 Å². The lowest BCUT2D eigenvalue weighted by Gasteiger charge is -2.26. The third-order valence-corrected chi connectivity index (χ3v) is 4.46. The molecule has 2 heterocycles. The van der Waals surface area contributed by atoms with Gasteiger partial charge in [-0.3, -0.25) is 0 Å². The number of aromatic nitrogens is 1. The number of thiophene rings is 1. The molecule has 2 nitrogen and oxygen atoms in total. The third kappa shape index (κ3) is 3.71. The average molecular weight is 295 g/mol. The van der Waals surface area contributed by atoms with Crippen LogP contribution in [0.1, 0.15) is 23.1 Å². The number of nitrogens with zero attached hydrogens (tertiary/aromatic N) is 2. The third-order valence-electron chi connectivity index (χ3n) is 3.25. The largest absolute Gasteiger partial charge is 0.357 e. The summed E-state index contributed by atoms with van der Waals surface area (Å²) >= 11 is 7.73. The van der Waals surface area contributed by atoms with Crippen molar-refractivity contribution >= 4 is 28.8 Å². The lowest BCUT2D eigenvalue weighted by atomic mass is 10.1. The monoisotopic (exact) mass is 294 g/mol. The number of rotatable bonds is 5. The predicted octanol–water partition coefficient (Wildman–Crippen LogP) is 4.26. The minimum absolute atomic E-state index is 0.413. The maximum Gasteiger partial charge on any atom is 0.129 e. The van der Waals surface area contributed by atoms with E-state index >= 15 is 0 Å². The number of alkyl halides is 1. The minimum atomic E-state index is 0.413. The van der Waals surface area contributed by atoms with E-state index in [-0.39, 0.29) is 0 Å². The number of hydrogen-bond donors (Lipinski definition) is 0. The molecule has 0 aliphatic heterocycles. The first-order valence-corrected chi connectivity index (χ1v) is 7.80.